The van der Waals surface area contributed by atoms with E-state index in [0.717, 1.165) is 17.0 Å². The number of nitro groups is 1. The third-order valence-electron chi connectivity index (χ3n) is 4.74. The number of amides is 3. The highest BCUT2D eigenvalue weighted by Gasteiger charge is 2.36. The lowest BCUT2D eigenvalue weighted by Gasteiger charge is -2.16. The predicted octanol–water partition coefficient (Wildman–Crippen LogP) is 0.365. The van der Waals surface area contributed by atoms with Gasteiger partial charge in [0.15, 0.2) is 0 Å². The summed E-state index contributed by atoms with van der Waals surface area (Å²) in [6.45, 7) is 1.29. The minimum absolute atomic E-state index is 0.0268. The van der Waals surface area contributed by atoms with E-state index in [1.807, 2.05) is 0 Å². The third-order valence-corrected chi connectivity index (χ3v) is 6.48. The summed E-state index contributed by atoms with van der Waals surface area (Å²) in [6.07, 6.45) is -0.467. The number of nitrogens with one attached hydrogen (secondary N) is 1. The number of benzene rings is 1. The molecule has 1 unspecified atom stereocenters. The number of fused-ring (bicyclic) bond motifs is 1. The van der Waals surface area contributed by atoms with Gasteiger partial charge in [-0.1, -0.05) is 6.92 Å². The Labute approximate surface area is 177 Å². The van der Waals surface area contributed by atoms with E-state index in [1.54, 1.807) is 0 Å². The highest BCUT2D eigenvalue weighted by Crippen LogP contribution is 2.27. The molecule has 2 rings (SSSR count). The van der Waals surface area contributed by atoms with Crippen molar-refractivity contribution in [3.8, 4) is 0 Å². The number of aliphatic carboxylic acids is 1. The maximum atomic E-state index is 12.4. The second-order valence-corrected chi connectivity index (χ2v) is 9.31. The first-order valence-electron chi connectivity index (χ1n) is 9.34. The molecule has 31 heavy (non-hydrogen) atoms. The maximum Gasteiger partial charge on any atom is 0.326 e. The fourth-order valence-corrected chi connectivity index (χ4v) is 3.84. The van der Waals surface area contributed by atoms with Crippen LogP contribution >= 0.6 is 0 Å². The summed E-state index contributed by atoms with van der Waals surface area (Å²) in [4.78, 5) is 59.0. The Morgan fingerprint density at radius 2 is 1.87 bits per heavy atom. The van der Waals surface area contributed by atoms with Gasteiger partial charge >= 0.3 is 5.97 Å². The first-order chi connectivity index (χ1) is 14.5. The first kappa shape index (κ1) is 23.9. The number of nitrogens with zero attached hydrogens (tertiary/aromatic N) is 2. The zero-order valence-corrected chi connectivity index (χ0v) is 17.4. The Balaban J connectivity index is 1.91. The fraction of sp³-hybridized carbons (Fsp3) is 0.444. The quantitative estimate of drug-likeness (QED) is 0.270. The molecule has 13 heteroatoms. The number of carbonyl (C=O) groups is 4. The molecule has 1 aliphatic heterocycles. The highest BCUT2D eigenvalue weighted by molar-refractivity contribution is 7.91. The normalized spacial score (nSPS) is 14.3. The van der Waals surface area contributed by atoms with Crippen LogP contribution in [0.15, 0.2) is 18.2 Å². The first-order valence-corrected chi connectivity index (χ1v) is 11.2. The van der Waals surface area contributed by atoms with Crippen molar-refractivity contribution in [1.82, 2.24) is 10.2 Å². The van der Waals surface area contributed by atoms with Gasteiger partial charge in [-0.25, -0.2) is 13.2 Å². The van der Waals surface area contributed by atoms with Crippen LogP contribution in [0.5, 0.6) is 0 Å². The van der Waals surface area contributed by atoms with E-state index >= 15 is 0 Å². The Bertz CT molecular complexity index is 1040. The van der Waals surface area contributed by atoms with Gasteiger partial charge in [0.25, 0.3) is 17.5 Å². The van der Waals surface area contributed by atoms with Crippen molar-refractivity contribution in [3.05, 3.63) is 39.4 Å². The summed E-state index contributed by atoms with van der Waals surface area (Å²) >= 11 is 0. The van der Waals surface area contributed by atoms with Crippen LogP contribution in [-0.2, 0) is 19.4 Å². The molecular weight excluding hydrogens is 434 g/mol. The van der Waals surface area contributed by atoms with E-state index < -0.39 is 44.5 Å². The van der Waals surface area contributed by atoms with Crippen molar-refractivity contribution in [2.45, 2.75) is 32.2 Å². The lowest BCUT2D eigenvalue weighted by Crippen LogP contribution is -2.42. The Hall–Kier alpha value is -3.35. The van der Waals surface area contributed by atoms with Crippen LogP contribution in [0.2, 0.25) is 0 Å². The van der Waals surface area contributed by atoms with Crippen LogP contribution < -0.4 is 5.32 Å². The average Bonchev–Trinajstić information content (AvgIpc) is 2.95. The number of non-ortho nitro benzene ring substituents is 1. The maximum absolute atomic E-state index is 12.4. The standard InChI is InChI=1S/C18H21N3O9S/c1-2-31(29,30)9-7-14(18(25)26)19-15(22)4-3-8-20-16(23)12-6-5-11(21(27)28)10-13(12)17(20)24/h5-6,10,14H,2-4,7-9H2,1H3,(H,19,22)(H,25,26). The predicted molar refractivity (Wildman–Crippen MR) is 106 cm³/mol. The zero-order valence-electron chi connectivity index (χ0n) is 16.6. The van der Waals surface area contributed by atoms with Gasteiger partial charge in [0.2, 0.25) is 5.91 Å². The van der Waals surface area contributed by atoms with Crippen LogP contribution in [0.1, 0.15) is 46.9 Å². The van der Waals surface area contributed by atoms with Gasteiger partial charge in [0.1, 0.15) is 15.9 Å². The van der Waals surface area contributed by atoms with E-state index in [9.17, 15) is 37.7 Å². The van der Waals surface area contributed by atoms with Crippen LogP contribution in [0.4, 0.5) is 5.69 Å². The van der Waals surface area contributed by atoms with Gasteiger partial charge in [-0.05, 0) is 18.9 Å². The summed E-state index contributed by atoms with van der Waals surface area (Å²) in [5.41, 5.74) is -0.388. The topological polar surface area (TPSA) is 181 Å². The molecule has 0 fully saturated rings. The minimum atomic E-state index is -3.40. The number of nitro benzene ring substituents is 1. The molecule has 12 nitrogen and oxygen atoms in total. The molecule has 0 bridgehead atoms. The second kappa shape index (κ2) is 9.64. The van der Waals surface area contributed by atoms with Gasteiger partial charge in [-0.15, -0.1) is 0 Å². The molecule has 0 saturated heterocycles. The fourth-order valence-electron chi connectivity index (χ4n) is 2.96. The van der Waals surface area contributed by atoms with Crippen molar-refractivity contribution in [2.75, 3.05) is 18.1 Å². The monoisotopic (exact) mass is 455 g/mol. The van der Waals surface area contributed by atoms with E-state index in [4.69, 9.17) is 5.11 Å². The number of carboxylic acid groups (broad SMARTS) is 1. The van der Waals surface area contributed by atoms with Crippen LogP contribution in [0.25, 0.3) is 0 Å². The number of hydrogen-bond donors (Lipinski definition) is 2. The van der Waals surface area contributed by atoms with E-state index in [0.29, 0.717) is 0 Å². The Morgan fingerprint density at radius 1 is 1.23 bits per heavy atom. The van der Waals surface area contributed by atoms with Crippen molar-refractivity contribution < 1.29 is 37.6 Å². The molecule has 0 spiro atoms. The van der Waals surface area contributed by atoms with E-state index in [1.165, 1.54) is 13.0 Å². The molecular formula is C18H21N3O9S. The van der Waals surface area contributed by atoms with Crippen molar-refractivity contribution in [2.24, 2.45) is 0 Å². The van der Waals surface area contributed by atoms with Crippen LogP contribution in [0, 0.1) is 10.1 Å². The number of rotatable bonds is 11. The van der Waals surface area contributed by atoms with Gasteiger partial charge in [0, 0.05) is 30.9 Å². The van der Waals surface area contributed by atoms with Gasteiger partial charge in [-0.2, -0.15) is 0 Å². The van der Waals surface area contributed by atoms with Crippen molar-refractivity contribution in [1.29, 1.82) is 0 Å². The van der Waals surface area contributed by atoms with Gasteiger partial charge in [0.05, 0.1) is 21.8 Å². The smallest absolute Gasteiger partial charge is 0.326 e. The zero-order chi connectivity index (χ0) is 23.3. The second-order valence-electron chi connectivity index (χ2n) is 6.84. The minimum Gasteiger partial charge on any atom is -0.480 e. The molecule has 0 aliphatic carbocycles. The molecule has 1 aromatic carbocycles. The van der Waals surface area contributed by atoms with Crippen molar-refractivity contribution in [3.63, 3.8) is 0 Å². The lowest BCUT2D eigenvalue weighted by molar-refractivity contribution is -0.384. The van der Waals surface area contributed by atoms with Crippen LogP contribution in [-0.4, -0.2) is 71.1 Å². The number of carbonyl (C=O) groups excluding carboxylic acids is 3. The molecule has 3 amide bonds. The molecule has 0 saturated carbocycles. The molecule has 2 N–H and O–H groups in total. The van der Waals surface area contributed by atoms with Crippen LogP contribution in [0.3, 0.4) is 0 Å². The molecule has 1 atom stereocenters. The summed E-state index contributed by atoms with van der Waals surface area (Å²) < 4.78 is 23.1. The number of carboxylic acids is 1. The summed E-state index contributed by atoms with van der Waals surface area (Å²) in [5.74, 6) is -3.92. The summed E-state index contributed by atoms with van der Waals surface area (Å²) in [7, 11) is -3.40. The number of hydrogen-bond acceptors (Lipinski definition) is 8. The Kier molecular flexibility index (Phi) is 7.44. The molecule has 0 aromatic heterocycles. The lowest BCUT2D eigenvalue weighted by atomic mass is 10.1. The highest BCUT2D eigenvalue weighted by atomic mass is 32.2. The number of imide groups is 1. The van der Waals surface area contributed by atoms with E-state index in [-0.39, 0.29) is 54.1 Å². The number of sulfone groups is 1. The average molecular weight is 455 g/mol. The van der Waals surface area contributed by atoms with Crippen molar-refractivity contribution >= 4 is 39.2 Å². The molecule has 1 aliphatic rings. The largest absolute Gasteiger partial charge is 0.480 e. The molecule has 1 heterocycles. The molecule has 1 aromatic rings. The molecule has 0 radical (unpaired) electrons. The van der Waals surface area contributed by atoms with Gasteiger partial charge < -0.3 is 10.4 Å². The third kappa shape index (κ3) is 5.84. The SMILES string of the molecule is CCS(=O)(=O)CCC(NC(=O)CCCN1C(=O)c2ccc([N+](=O)[O-])cc2C1=O)C(=O)O. The van der Waals surface area contributed by atoms with E-state index in [2.05, 4.69) is 5.32 Å². The summed E-state index contributed by atoms with van der Waals surface area (Å²) in [5, 5.41) is 22.2. The van der Waals surface area contributed by atoms with Gasteiger partial charge in [-0.3, -0.25) is 29.4 Å². The molecule has 168 valence electrons. The Morgan fingerprint density at radius 3 is 2.45 bits per heavy atom. The summed E-state index contributed by atoms with van der Waals surface area (Å²) in [6, 6.07) is 1.95.